The first-order chi connectivity index (χ1) is 15.9. The van der Waals surface area contributed by atoms with Gasteiger partial charge in [-0.25, -0.2) is 9.97 Å². The van der Waals surface area contributed by atoms with E-state index in [1.807, 2.05) is 0 Å². The van der Waals surface area contributed by atoms with Crippen molar-refractivity contribution in [2.75, 3.05) is 0 Å². The molecule has 3 heteroatoms. The zero-order valence-corrected chi connectivity index (χ0v) is 19.6. The zero-order chi connectivity index (χ0) is 22.7. The number of rotatable bonds is 2. The lowest BCUT2D eigenvalue weighted by atomic mass is 9.85. The van der Waals surface area contributed by atoms with E-state index in [-0.39, 0.29) is 5.41 Å². The van der Waals surface area contributed by atoms with Gasteiger partial charge in [-0.1, -0.05) is 87.5 Å². The number of nitrogens with zero attached hydrogens (tertiary/aromatic N) is 3. The lowest BCUT2D eigenvalue weighted by molar-refractivity contribution is 0.413. The van der Waals surface area contributed by atoms with Gasteiger partial charge in [0.1, 0.15) is 11.8 Å². The van der Waals surface area contributed by atoms with E-state index in [0.717, 1.165) is 28.7 Å². The van der Waals surface area contributed by atoms with Gasteiger partial charge in [-0.3, -0.25) is 0 Å². The van der Waals surface area contributed by atoms with Crippen LogP contribution in [0, 0.1) is 5.41 Å². The summed E-state index contributed by atoms with van der Waals surface area (Å²) in [5.74, 6) is 0. The smallest absolute Gasteiger partial charge is 0.116 e. The minimum atomic E-state index is 0.172. The van der Waals surface area contributed by atoms with Crippen molar-refractivity contribution >= 4 is 43.5 Å². The van der Waals surface area contributed by atoms with E-state index in [1.54, 1.807) is 6.33 Å². The summed E-state index contributed by atoms with van der Waals surface area (Å²) in [6.07, 6.45) is 2.71. The Morgan fingerprint density at radius 1 is 0.758 bits per heavy atom. The largest absolute Gasteiger partial charge is 0.340 e. The Balaban J connectivity index is 1.74. The van der Waals surface area contributed by atoms with Crippen LogP contribution in [-0.2, 0) is 13.5 Å². The van der Waals surface area contributed by atoms with E-state index in [4.69, 9.17) is 9.97 Å². The topological polar surface area (TPSA) is 30.7 Å². The molecule has 0 aliphatic rings. The molecule has 162 valence electrons. The van der Waals surface area contributed by atoms with Crippen molar-refractivity contribution in [3.8, 4) is 11.3 Å². The molecule has 0 aliphatic carbocycles. The van der Waals surface area contributed by atoms with Gasteiger partial charge < -0.3 is 4.57 Å². The third kappa shape index (κ3) is 3.19. The number of benzene rings is 4. The van der Waals surface area contributed by atoms with Crippen molar-refractivity contribution < 1.29 is 0 Å². The van der Waals surface area contributed by atoms with Crippen molar-refractivity contribution in [1.29, 1.82) is 0 Å². The molecule has 2 aromatic heterocycles. The molecule has 0 aliphatic heterocycles. The molecule has 3 nitrogen and oxygen atoms in total. The maximum atomic E-state index is 4.84. The van der Waals surface area contributed by atoms with Crippen LogP contribution in [0.5, 0.6) is 0 Å². The number of aryl methyl sites for hydroxylation is 1. The molecular weight excluding hydrogens is 402 g/mol. The molecule has 0 N–H and O–H groups in total. The number of aromatic nitrogens is 3. The third-order valence-corrected chi connectivity index (χ3v) is 6.58. The van der Waals surface area contributed by atoms with Gasteiger partial charge in [0.25, 0.3) is 0 Å². The van der Waals surface area contributed by atoms with Crippen LogP contribution in [0.1, 0.15) is 26.3 Å². The van der Waals surface area contributed by atoms with Crippen LogP contribution in [0.25, 0.3) is 54.7 Å². The molecule has 0 unspecified atom stereocenters. The van der Waals surface area contributed by atoms with Gasteiger partial charge in [0.05, 0.1) is 16.7 Å². The van der Waals surface area contributed by atoms with Crippen LogP contribution in [0.4, 0.5) is 0 Å². The first-order valence-corrected chi connectivity index (χ1v) is 11.5. The molecule has 0 radical (unpaired) electrons. The summed E-state index contributed by atoms with van der Waals surface area (Å²) < 4.78 is 2.31. The van der Waals surface area contributed by atoms with Gasteiger partial charge >= 0.3 is 0 Å². The Kier molecular flexibility index (Phi) is 4.31. The quantitative estimate of drug-likeness (QED) is 0.282. The summed E-state index contributed by atoms with van der Waals surface area (Å²) in [6, 6.07) is 26.1. The van der Waals surface area contributed by atoms with E-state index in [1.165, 1.54) is 38.0 Å². The average Bonchev–Trinajstić information content (AvgIpc) is 3.11. The maximum Gasteiger partial charge on any atom is 0.116 e. The second kappa shape index (κ2) is 7.14. The van der Waals surface area contributed by atoms with Crippen LogP contribution in [-0.4, -0.2) is 14.5 Å². The van der Waals surface area contributed by atoms with Crippen LogP contribution >= 0.6 is 0 Å². The highest BCUT2D eigenvalue weighted by molar-refractivity contribution is 6.19. The predicted octanol–water partition coefficient (Wildman–Crippen LogP) is 7.68. The van der Waals surface area contributed by atoms with Crippen molar-refractivity contribution in [2.45, 2.75) is 27.2 Å². The molecule has 6 rings (SSSR count). The van der Waals surface area contributed by atoms with Gasteiger partial charge in [-0.15, -0.1) is 0 Å². The Hall–Kier alpha value is -3.72. The van der Waals surface area contributed by atoms with Gasteiger partial charge in [0.2, 0.25) is 0 Å². The second-order valence-electron chi connectivity index (χ2n) is 10.3. The standard InChI is InChI=1S/C30H27N3/c1-30(2,3)17-23-16-21-11-7-8-12-24(21)28-25(23)27-29(33(28)4)26(31-18-32-27)22-14-13-19-9-5-6-10-20(19)15-22/h5-16,18H,17H2,1-4H3. The predicted molar refractivity (Wildman–Crippen MR) is 140 cm³/mol. The monoisotopic (exact) mass is 429 g/mol. The highest BCUT2D eigenvalue weighted by Crippen LogP contribution is 2.40. The van der Waals surface area contributed by atoms with E-state index in [0.29, 0.717) is 0 Å². The van der Waals surface area contributed by atoms with Crippen molar-refractivity contribution in [3.05, 3.63) is 84.7 Å². The third-order valence-electron chi connectivity index (χ3n) is 6.58. The zero-order valence-electron chi connectivity index (χ0n) is 19.6. The first-order valence-electron chi connectivity index (χ1n) is 11.5. The van der Waals surface area contributed by atoms with Gasteiger partial charge in [0.15, 0.2) is 0 Å². The number of hydrogen-bond donors (Lipinski definition) is 0. The molecule has 6 aromatic rings. The molecule has 0 saturated heterocycles. The molecule has 0 spiro atoms. The second-order valence-corrected chi connectivity index (χ2v) is 10.3. The first kappa shape index (κ1) is 19.9. The van der Waals surface area contributed by atoms with Crippen LogP contribution < -0.4 is 0 Å². The Morgan fingerprint density at radius 2 is 1.48 bits per heavy atom. The summed E-state index contributed by atoms with van der Waals surface area (Å²) in [5, 5.41) is 6.25. The molecule has 4 aromatic carbocycles. The van der Waals surface area contributed by atoms with Gasteiger partial charge in [-0.05, 0) is 39.6 Å². The van der Waals surface area contributed by atoms with Gasteiger partial charge in [0, 0.05) is 23.4 Å². The summed E-state index contributed by atoms with van der Waals surface area (Å²) in [7, 11) is 2.16. The molecule has 0 bridgehead atoms. The molecule has 0 saturated carbocycles. The van der Waals surface area contributed by atoms with Crippen molar-refractivity contribution in [2.24, 2.45) is 12.5 Å². The molecule has 2 heterocycles. The fraction of sp³-hybridized carbons (Fsp3) is 0.200. The average molecular weight is 430 g/mol. The molecule has 33 heavy (non-hydrogen) atoms. The summed E-state index contributed by atoms with van der Waals surface area (Å²) >= 11 is 0. The molecule has 0 atom stereocenters. The van der Waals surface area contributed by atoms with Crippen LogP contribution in [0.2, 0.25) is 0 Å². The van der Waals surface area contributed by atoms with E-state index in [9.17, 15) is 0 Å². The fourth-order valence-electron chi connectivity index (χ4n) is 5.25. The summed E-state index contributed by atoms with van der Waals surface area (Å²) in [6.45, 7) is 6.90. The van der Waals surface area contributed by atoms with E-state index in [2.05, 4.69) is 105 Å². The Labute approximate surface area is 193 Å². The van der Waals surface area contributed by atoms with E-state index >= 15 is 0 Å². The lowest BCUT2D eigenvalue weighted by Crippen LogP contribution is -2.09. The highest BCUT2D eigenvalue weighted by atomic mass is 15.0. The fourth-order valence-corrected chi connectivity index (χ4v) is 5.25. The highest BCUT2D eigenvalue weighted by Gasteiger charge is 2.22. The van der Waals surface area contributed by atoms with Crippen LogP contribution in [0.15, 0.2) is 79.1 Å². The Bertz CT molecular complexity index is 1680. The van der Waals surface area contributed by atoms with Crippen LogP contribution in [0.3, 0.4) is 0 Å². The summed E-state index contributed by atoms with van der Waals surface area (Å²) in [4.78, 5) is 9.64. The van der Waals surface area contributed by atoms with E-state index < -0.39 is 0 Å². The normalized spacial score (nSPS) is 12.4. The minimum Gasteiger partial charge on any atom is -0.340 e. The van der Waals surface area contributed by atoms with Gasteiger partial charge in [-0.2, -0.15) is 0 Å². The maximum absolute atomic E-state index is 4.84. The molecule has 0 amide bonds. The lowest BCUT2D eigenvalue weighted by Gasteiger charge is -2.19. The molecule has 0 fully saturated rings. The minimum absolute atomic E-state index is 0.172. The Morgan fingerprint density at radius 3 is 2.27 bits per heavy atom. The summed E-state index contributed by atoms with van der Waals surface area (Å²) in [5.41, 5.74) is 7.00. The number of hydrogen-bond acceptors (Lipinski definition) is 2. The number of fused-ring (bicyclic) bond motifs is 6. The molecular formula is C30H27N3. The SMILES string of the molecule is Cn1c2c(-c3ccc4ccccc4c3)ncnc2c2c(CC(C)(C)C)cc3ccccc3c21. The van der Waals surface area contributed by atoms with Crippen molar-refractivity contribution in [1.82, 2.24) is 14.5 Å². The van der Waals surface area contributed by atoms with Crippen molar-refractivity contribution in [3.63, 3.8) is 0 Å².